The van der Waals surface area contributed by atoms with E-state index >= 15 is 0 Å². The van der Waals surface area contributed by atoms with Crippen molar-refractivity contribution in [1.82, 2.24) is 0 Å². The molecule has 0 aliphatic rings. The Balaban J connectivity index is -0.000000376. The number of nitrogens with zero attached hydrogens (tertiary/aromatic N) is 1. The summed E-state index contributed by atoms with van der Waals surface area (Å²) in [6.45, 7) is 0. The molecule has 0 saturated heterocycles. The van der Waals surface area contributed by atoms with Gasteiger partial charge in [-0.15, -0.1) is 0 Å². The Morgan fingerprint density at radius 3 is 1.46 bits per heavy atom. The minimum absolute atomic E-state index is 0. The van der Waals surface area contributed by atoms with Crippen molar-refractivity contribution in [3.05, 3.63) is 34.4 Å². The standard InChI is InChI=1S/C10H7NO11S3.3Na.3H/c12-11(13)8-3-6(23(14,15)16)1-5-2-7(24(17,18)19)4-9(10(5)8)25(20,21)22;;;;;;/h1-4H,(H,14,15,16)(H,17,18,19)(H,20,21,22);;;;;;/q;3*+1;3*-1. The van der Waals surface area contributed by atoms with Crippen molar-refractivity contribution in [1.29, 1.82) is 0 Å². The SMILES string of the molecule is O=[N+]([O-])c1cc(S(=O)(=O)O)cc2cc(S(=O)(=O)O)cc(S(=O)(=O)O)c12.[H-].[H-].[H-].[Na+].[Na+].[Na+]. The van der Waals surface area contributed by atoms with E-state index < -0.39 is 66.4 Å². The third kappa shape index (κ3) is 6.93. The number of benzene rings is 2. The number of non-ortho nitro benzene ring substituents is 1. The Morgan fingerprint density at radius 2 is 1.14 bits per heavy atom. The normalized spacial score (nSPS) is 11.7. The van der Waals surface area contributed by atoms with Crippen LogP contribution in [0.15, 0.2) is 39.0 Å². The Hall–Kier alpha value is 0.830. The van der Waals surface area contributed by atoms with Crippen LogP contribution in [0.25, 0.3) is 10.8 Å². The maximum atomic E-state index is 11.5. The van der Waals surface area contributed by atoms with Crippen molar-refractivity contribution in [2.24, 2.45) is 0 Å². The van der Waals surface area contributed by atoms with Crippen molar-refractivity contribution < 1.29 is 137 Å². The van der Waals surface area contributed by atoms with Crippen LogP contribution in [-0.4, -0.2) is 43.8 Å². The summed E-state index contributed by atoms with van der Waals surface area (Å²) in [7, 11) is -15.2. The zero-order valence-corrected chi connectivity index (χ0v) is 23.0. The third-order valence-corrected chi connectivity index (χ3v) is 5.55. The van der Waals surface area contributed by atoms with Crippen molar-refractivity contribution in [2.75, 3.05) is 0 Å². The van der Waals surface area contributed by atoms with Gasteiger partial charge in [-0.3, -0.25) is 23.8 Å². The first-order valence-corrected chi connectivity index (χ1v) is 10.1. The maximum absolute atomic E-state index is 11.5. The molecule has 0 amide bonds. The van der Waals surface area contributed by atoms with Gasteiger partial charge in [-0.1, -0.05) is 0 Å². The second-order valence-electron chi connectivity index (χ2n) is 4.64. The summed E-state index contributed by atoms with van der Waals surface area (Å²) in [6.07, 6.45) is 0. The van der Waals surface area contributed by atoms with Gasteiger partial charge >= 0.3 is 88.7 Å². The van der Waals surface area contributed by atoms with E-state index in [-0.39, 0.29) is 99.0 Å². The molecule has 28 heavy (non-hydrogen) atoms. The summed E-state index contributed by atoms with van der Waals surface area (Å²) in [6, 6.07) is 1.69. The fourth-order valence-corrected chi connectivity index (χ4v) is 3.96. The number of hydrogen-bond donors (Lipinski definition) is 3. The van der Waals surface area contributed by atoms with Crippen LogP contribution in [0.4, 0.5) is 5.69 Å². The average molecular weight is 485 g/mol. The van der Waals surface area contributed by atoms with Gasteiger partial charge in [-0.05, 0) is 23.6 Å². The summed E-state index contributed by atoms with van der Waals surface area (Å²) in [5.41, 5.74) is -1.14. The smallest absolute Gasteiger partial charge is 1.00 e. The van der Waals surface area contributed by atoms with Crippen LogP contribution >= 0.6 is 0 Å². The molecule has 3 N–H and O–H groups in total. The van der Waals surface area contributed by atoms with Crippen LogP contribution in [0.1, 0.15) is 4.28 Å². The number of nitro groups is 1. The Bertz CT molecular complexity index is 1250. The molecule has 2 aromatic carbocycles. The topological polar surface area (TPSA) is 206 Å². The second-order valence-corrected chi connectivity index (χ2v) is 8.88. The van der Waals surface area contributed by atoms with Crippen LogP contribution in [0, 0.1) is 10.1 Å². The number of rotatable bonds is 4. The van der Waals surface area contributed by atoms with Gasteiger partial charge in [0.05, 0.1) is 15.2 Å². The second kappa shape index (κ2) is 10.4. The van der Waals surface area contributed by atoms with Gasteiger partial charge in [0.25, 0.3) is 36.0 Å². The molecule has 2 aromatic rings. The molecular formula is C10H10NNa3O11S3. The van der Waals surface area contributed by atoms with Crippen molar-refractivity contribution in [2.45, 2.75) is 14.7 Å². The van der Waals surface area contributed by atoms with E-state index in [9.17, 15) is 39.9 Å². The molecule has 12 nitrogen and oxygen atoms in total. The van der Waals surface area contributed by atoms with Crippen LogP contribution in [0.2, 0.25) is 0 Å². The van der Waals surface area contributed by atoms with E-state index in [1.54, 1.807) is 0 Å². The molecule has 0 aliphatic heterocycles. The van der Waals surface area contributed by atoms with Crippen molar-refractivity contribution >= 4 is 46.8 Å². The van der Waals surface area contributed by atoms with E-state index in [1.165, 1.54) is 0 Å². The predicted molar refractivity (Wildman–Crippen MR) is 83.4 cm³/mol. The fraction of sp³-hybridized carbons (Fsp3) is 0. The Morgan fingerprint density at radius 1 is 0.750 bits per heavy atom. The van der Waals surface area contributed by atoms with Gasteiger partial charge in [0, 0.05) is 6.07 Å². The first-order valence-electron chi connectivity index (χ1n) is 5.81. The molecule has 2 rings (SSSR count). The molecule has 0 unspecified atom stereocenters. The van der Waals surface area contributed by atoms with Crippen LogP contribution in [0.3, 0.4) is 0 Å². The number of hydrogen-bond acceptors (Lipinski definition) is 8. The Kier molecular flexibility index (Phi) is 11.6. The van der Waals surface area contributed by atoms with Gasteiger partial charge in [-0.2, -0.15) is 25.3 Å². The van der Waals surface area contributed by atoms with Crippen LogP contribution in [0.5, 0.6) is 0 Å². The van der Waals surface area contributed by atoms with Crippen molar-refractivity contribution in [3.8, 4) is 0 Å². The predicted octanol–water partition coefficient (Wildman–Crippen LogP) is -8.16. The van der Waals surface area contributed by atoms with Crippen molar-refractivity contribution in [3.63, 3.8) is 0 Å². The molecule has 0 bridgehead atoms. The molecule has 0 heterocycles. The summed E-state index contributed by atoms with van der Waals surface area (Å²) in [5, 5.41) is 9.68. The molecule has 0 aromatic heterocycles. The minimum Gasteiger partial charge on any atom is -1.00 e. The molecule has 0 saturated carbocycles. The van der Waals surface area contributed by atoms with E-state index in [0.29, 0.717) is 18.2 Å². The van der Waals surface area contributed by atoms with Gasteiger partial charge in [-0.25, -0.2) is 0 Å². The van der Waals surface area contributed by atoms with E-state index in [1.807, 2.05) is 0 Å². The quantitative estimate of drug-likeness (QED) is 0.160. The third-order valence-electron chi connectivity index (χ3n) is 3.01. The summed E-state index contributed by atoms with van der Waals surface area (Å²) >= 11 is 0. The Labute approximate surface area is 229 Å². The van der Waals surface area contributed by atoms with Gasteiger partial charge in [0.2, 0.25) is 0 Å². The largest absolute Gasteiger partial charge is 1.00 e. The van der Waals surface area contributed by atoms with E-state index in [4.69, 9.17) is 9.11 Å². The molecule has 0 radical (unpaired) electrons. The van der Waals surface area contributed by atoms with Gasteiger partial charge in [0.15, 0.2) is 0 Å². The maximum Gasteiger partial charge on any atom is 1.00 e. The molecule has 142 valence electrons. The number of fused-ring (bicyclic) bond motifs is 1. The van der Waals surface area contributed by atoms with Crippen LogP contribution in [-0.2, 0) is 30.4 Å². The molecule has 0 aliphatic carbocycles. The van der Waals surface area contributed by atoms with Gasteiger partial charge in [0.1, 0.15) is 9.79 Å². The molecule has 0 fully saturated rings. The van der Waals surface area contributed by atoms with E-state index in [0.717, 1.165) is 0 Å². The fourth-order valence-electron chi connectivity index (χ4n) is 2.05. The summed E-state index contributed by atoms with van der Waals surface area (Å²) < 4.78 is 95.1. The van der Waals surface area contributed by atoms with Crippen LogP contribution < -0.4 is 88.7 Å². The first kappa shape index (κ1) is 31.0. The van der Waals surface area contributed by atoms with Gasteiger partial charge < -0.3 is 4.28 Å². The molecule has 0 spiro atoms. The number of nitro benzene ring substituents is 1. The minimum atomic E-state index is -5.21. The summed E-state index contributed by atoms with van der Waals surface area (Å²) in [4.78, 5) is 6.60. The average Bonchev–Trinajstić information content (AvgIpc) is 2.41. The molecular weight excluding hydrogens is 475 g/mol. The zero-order chi connectivity index (χ0) is 19.4. The molecule has 18 heteroatoms. The van der Waals surface area contributed by atoms with E-state index in [2.05, 4.69) is 0 Å². The molecule has 0 atom stereocenters. The summed E-state index contributed by atoms with van der Waals surface area (Å²) in [5.74, 6) is 0. The monoisotopic (exact) mass is 485 g/mol. The zero-order valence-electron chi connectivity index (χ0n) is 17.6. The first-order chi connectivity index (χ1) is 11.1.